The van der Waals surface area contributed by atoms with Gasteiger partial charge in [0.2, 0.25) is 0 Å². The zero-order valence-corrected chi connectivity index (χ0v) is 9.45. The van der Waals surface area contributed by atoms with Crippen molar-refractivity contribution in [2.75, 3.05) is 20.8 Å². The fraction of sp³-hybridized carbons (Fsp3) is 0.364. The highest BCUT2D eigenvalue weighted by molar-refractivity contribution is 5.77. The minimum absolute atomic E-state index is 0.0329. The molecule has 1 aromatic carbocycles. The number of rotatable bonds is 5. The van der Waals surface area contributed by atoms with Crippen LogP contribution in [0.1, 0.15) is 5.56 Å². The van der Waals surface area contributed by atoms with Crippen molar-refractivity contribution in [3.8, 4) is 11.5 Å². The van der Waals surface area contributed by atoms with Gasteiger partial charge in [-0.15, -0.1) is 0 Å². The second kappa shape index (κ2) is 5.97. The van der Waals surface area contributed by atoms with Crippen LogP contribution in [0.25, 0.3) is 0 Å². The van der Waals surface area contributed by atoms with E-state index in [1.54, 1.807) is 26.3 Å². The molecule has 5 heteroatoms. The Balaban J connectivity index is 2.75. The molecule has 0 atom stereocenters. The van der Waals surface area contributed by atoms with Crippen LogP contribution in [0.3, 0.4) is 0 Å². The number of nitrogens with two attached hydrogens (primary N) is 1. The zero-order valence-electron chi connectivity index (χ0n) is 9.45. The first-order chi connectivity index (χ1) is 7.71. The summed E-state index contributed by atoms with van der Waals surface area (Å²) in [6.07, 6.45) is 0. The molecule has 1 rings (SSSR count). The van der Waals surface area contributed by atoms with Crippen molar-refractivity contribution in [2.24, 2.45) is 5.73 Å². The summed E-state index contributed by atoms with van der Waals surface area (Å²) in [7, 11) is 3.10. The molecule has 3 N–H and O–H groups in total. The van der Waals surface area contributed by atoms with E-state index in [1.165, 1.54) is 0 Å². The maximum Gasteiger partial charge on any atom is 0.257 e. The number of amides is 1. The first-order valence-corrected chi connectivity index (χ1v) is 4.91. The Morgan fingerprint density at radius 3 is 2.75 bits per heavy atom. The molecule has 0 bridgehead atoms. The van der Waals surface area contributed by atoms with Crippen LogP contribution >= 0.6 is 0 Å². The molecule has 0 fully saturated rings. The summed E-state index contributed by atoms with van der Waals surface area (Å²) >= 11 is 0. The lowest BCUT2D eigenvalue weighted by atomic mass is 10.2. The van der Waals surface area contributed by atoms with E-state index >= 15 is 0 Å². The Hall–Kier alpha value is -1.75. The third-order valence-corrected chi connectivity index (χ3v) is 2.10. The van der Waals surface area contributed by atoms with Gasteiger partial charge in [-0.25, -0.2) is 0 Å². The van der Waals surface area contributed by atoms with Crippen LogP contribution in [0.5, 0.6) is 11.5 Å². The molecule has 0 saturated heterocycles. The first kappa shape index (κ1) is 12.3. The van der Waals surface area contributed by atoms with Crippen molar-refractivity contribution in [1.29, 1.82) is 0 Å². The number of likely N-dealkylation sites (N-methyl/N-ethyl adjacent to an activating group) is 1. The van der Waals surface area contributed by atoms with Gasteiger partial charge >= 0.3 is 0 Å². The third kappa shape index (κ3) is 3.13. The van der Waals surface area contributed by atoms with E-state index in [0.717, 1.165) is 5.56 Å². The summed E-state index contributed by atoms with van der Waals surface area (Å²) in [5, 5.41) is 2.47. The van der Waals surface area contributed by atoms with Crippen LogP contribution in [-0.4, -0.2) is 26.7 Å². The van der Waals surface area contributed by atoms with Crippen LogP contribution in [0.15, 0.2) is 18.2 Å². The number of carbonyl (C=O) groups excluding carboxylic acids is 1. The van der Waals surface area contributed by atoms with Crippen LogP contribution in [0.2, 0.25) is 0 Å². The molecule has 0 unspecified atom stereocenters. The Morgan fingerprint density at radius 2 is 2.19 bits per heavy atom. The Bertz CT molecular complexity index is 366. The lowest BCUT2D eigenvalue weighted by Crippen LogP contribution is -2.24. The van der Waals surface area contributed by atoms with Crippen LogP contribution in [0, 0.1) is 0 Å². The molecule has 5 nitrogen and oxygen atoms in total. The molecular formula is C11H16N2O3. The molecule has 0 aliphatic carbocycles. The van der Waals surface area contributed by atoms with Gasteiger partial charge in [0.05, 0.1) is 7.11 Å². The van der Waals surface area contributed by atoms with Crippen molar-refractivity contribution in [3.63, 3.8) is 0 Å². The van der Waals surface area contributed by atoms with Gasteiger partial charge in [0.1, 0.15) is 0 Å². The number of benzene rings is 1. The third-order valence-electron chi connectivity index (χ3n) is 2.10. The van der Waals surface area contributed by atoms with E-state index in [4.69, 9.17) is 15.2 Å². The SMILES string of the molecule is CNC(=O)COc1ccc(CN)cc1OC. The van der Waals surface area contributed by atoms with Crippen LogP contribution < -0.4 is 20.5 Å². The molecule has 0 aliphatic rings. The van der Waals surface area contributed by atoms with Gasteiger partial charge in [-0.2, -0.15) is 0 Å². The van der Waals surface area contributed by atoms with Crippen molar-refractivity contribution >= 4 is 5.91 Å². The maximum absolute atomic E-state index is 11.0. The minimum Gasteiger partial charge on any atom is -0.493 e. The lowest BCUT2D eigenvalue weighted by molar-refractivity contribution is -0.122. The predicted octanol–water partition coefficient (Wildman–Crippen LogP) is 0.279. The minimum atomic E-state index is -0.190. The monoisotopic (exact) mass is 224 g/mol. The molecule has 0 radical (unpaired) electrons. The number of hydrogen-bond acceptors (Lipinski definition) is 4. The van der Waals surface area contributed by atoms with Crippen molar-refractivity contribution in [3.05, 3.63) is 23.8 Å². The molecule has 88 valence electrons. The standard InChI is InChI=1S/C11H16N2O3/c1-13-11(14)7-16-9-4-3-8(6-12)5-10(9)15-2/h3-5H,6-7,12H2,1-2H3,(H,13,14). The van der Waals surface area contributed by atoms with E-state index < -0.39 is 0 Å². The number of methoxy groups -OCH3 is 1. The summed E-state index contributed by atoms with van der Waals surface area (Å²) in [6, 6.07) is 5.37. The average Bonchev–Trinajstić information content (AvgIpc) is 2.35. The summed E-state index contributed by atoms with van der Waals surface area (Å²) in [5.74, 6) is 0.917. The molecule has 0 aromatic heterocycles. The molecule has 0 spiro atoms. The first-order valence-electron chi connectivity index (χ1n) is 4.91. The predicted molar refractivity (Wildman–Crippen MR) is 60.4 cm³/mol. The van der Waals surface area contributed by atoms with Crippen molar-refractivity contribution < 1.29 is 14.3 Å². The summed E-state index contributed by atoms with van der Waals surface area (Å²) in [5.41, 5.74) is 6.45. The Morgan fingerprint density at radius 1 is 1.44 bits per heavy atom. The highest BCUT2D eigenvalue weighted by atomic mass is 16.5. The molecular weight excluding hydrogens is 208 g/mol. The number of carbonyl (C=O) groups is 1. The van der Waals surface area contributed by atoms with Crippen molar-refractivity contribution in [1.82, 2.24) is 5.32 Å². The highest BCUT2D eigenvalue weighted by Crippen LogP contribution is 2.27. The smallest absolute Gasteiger partial charge is 0.257 e. The van der Waals surface area contributed by atoms with Gasteiger partial charge in [-0.05, 0) is 17.7 Å². The average molecular weight is 224 g/mol. The highest BCUT2D eigenvalue weighted by Gasteiger charge is 2.07. The number of ether oxygens (including phenoxy) is 2. The van der Waals surface area contributed by atoms with Gasteiger partial charge in [0.15, 0.2) is 18.1 Å². The summed E-state index contributed by atoms with van der Waals surface area (Å²) < 4.78 is 10.4. The quantitative estimate of drug-likeness (QED) is 0.753. The Kier molecular flexibility index (Phi) is 4.60. The van der Waals surface area contributed by atoms with Gasteiger partial charge in [0, 0.05) is 13.6 Å². The fourth-order valence-electron chi connectivity index (χ4n) is 1.17. The van der Waals surface area contributed by atoms with E-state index in [0.29, 0.717) is 18.0 Å². The van der Waals surface area contributed by atoms with E-state index in [9.17, 15) is 4.79 Å². The van der Waals surface area contributed by atoms with E-state index in [2.05, 4.69) is 5.32 Å². The summed E-state index contributed by atoms with van der Waals surface area (Å²) in [4.78, 5) is 11.0. The van der Waals surface area contributed by atoms with Gasteiger partial charge < -0.3 is 20.5 Å². The lowest BCUT2D eigenvalue weighted by Gasteiger charge is -2.11. The molecule has 16 heavy (non-hydrogen) atoms. The maximum atomic E-state index is 11.0. The van der Waals surface area contributed by atoms with Crippen LogP contribution in [0.4, 0.5) is 0 Å². The van der Waals surface area contributed by atoms with E-state index in [1.807, 2.05) is 6.07 Å². The number of hydrogen-bond donors (Lipinski definition) is 2. The topological polar surface area (TPSA) is 73.6 Å². The largest absolute Gasteiger partial charge is 0.493 e. The second-order valence-corrected chi connectivity index (χ2v) is 3.15. The van der Waals surface area contributed by atoms with E-state index in [-0.39, 0.29) is 12.5 Å². The van der Waals surface area contributed by atoms with Crippen molar-refractivity contribution in [2.45, 2.75) is 6.54 Å². The van der Waals surface area contributed by atoms with Gasteiger partial charge in [-0.1, -0.05) is 6.07 Å². The molecule has 1 amide bonds. The number of nitrogens with one attached hydrogen (secondary N) is 1. The fourth-order valence-corrected chi connectivity index (χ4v) is 1.17. The molecule has 1 aromatic rings. The van der Waals surface area contributed by atoms with Gasteiger partial charge in [-0.3, -0.25) is 4.79 Å². The molecule has 0 heterocycles. The molecule has 0 saturated carbocycles. The van der Waals surface area contributed by atoms with Crippen LogP contribution in [-0.2, 0) is 11.3 Å². The van der Waals surface area contributed by atoms with Gasteiger partial charge in [0.25, 0.3) is 5.91 Å². The summed E-state index contributed by atoms with van der Waals surface area (Å²) in [6.45, 7) is 0.404. The normalized spacial score (nSPS) is 9.69. The molecule has 0 aliphatic heterocycles. The second-order valence-electron chi connectivity index (χ2n) is 3.15. The zero-order chi connectivity index (χ0) is 12.0. The Labute approximate surface area is 94.5 Å².